The third kappa shape index (κ3) is 2.52. The molecular weight excluding hydrogens is 176 g/mol. The molecule has 1 heterocycles. The molecule has 0 fully saturated rings. The quantitative estimate of drug-likeness (QED) is 0.632. The number of aliphatic hydroxyl groups excluding tert-OH is 1. The lowest BCUT2D eigenvalue weighted by atomic mass is 10.3. The first kappa shape index (κ1) is 9.58. The van der Waals surface area contributed by atoms with Gasteiger partial charge in [-0.2, -0.15) is 0 Å². The van der Waals surface area contributed by atoms with E-state index in [4.69, 9.17) is 11.6 Å². The van der Waals surface area contributed by atoms with Crippen molar-refractivity contribution >= 4 is 11.6 Å². The summed E-state index contributed by atoms with van der Waals surface area (Å²) in [5.74, 6) is 0. The molecule has 0 aromatic carbocycles. The second-order valence-electron chi connectivity index (χ2n) is 2.99. The maximum atomic E-state index is 9.50. The van der Waals surface area contributed by atoms with Crippen LogP contribution < -0.4 is 5.32 Å². The Morgan fingerprint density at radius 1 is 1.50 bits per heavy atom. The van der Waals surface area contributed by atoms with E-state index in [1.54, 1.807) is 12.1 Å². The van der Waals surface area contributed by atoms with Crippen molar-refractivity contribution in [1.82, 2.24) is 10.3 Å². The molecule has 0 spiro atoms. The van der Waals surface area contributed by atoms with Crippen LogP contribution in [-0.4, -0.2) is 16.1 Å². The molecule has 0 aliphatic rings. The van der Waals surface area contributed by atoms with Gasteiger partial charge >= 0.3 is 0 Å². The van der Waals surface area contributed by atoms with Gasteiger partial charge in [-0.25, -0.2) is 0 Å². The highest BCUT2D eigenvalue weighted by Gasteiger charge is 2.09. The number of hydrogen-bond acceptors (Lipinski definition) is 2. The van der Waals surface area contributed by atoms with Gasteiger partial charge in [-0.1, -0.05) is 11.6 Å². The molecular formula is C8H13ClN2O. The number of aliphatic hydroxyl groups is 1. The van der Waals surface area contributed by atoms with E-state index < -0.39 is 6.23 Å². The number of hydrogen-bond donors (Lipinski definition) is 3. The van der Waals surface area contributed by atoms with Crippen LogP contribution in [0.25, 0.3) is 0 Å². The SMILES string of the molecule is CC(C)NC(O)c1ccc(Cl)[nH]1. The van der Waals surface area contributed by atoms with Crippen molar-refractivity contribution in [3.05, 3.63) is 23.0 Å². The zero-order valence-corrected chi connectivity index (χ0v) is 7.89. The average molecular weight is 189 g/mol. The van der Waals surface area contributed by atoms with E-state index in [1.165, 1.54) is 0 Å². The molecule has 1 rings (SSSR count). The first-order valence-electron chi connectivity index (χ1n) is 3.88. The fourth-order valence-electron chi connectivity index (χ4n) is 0.949. The molecule has 0 aliphatic heterocycles. The minimum Gasteiger partial charge on any atom is -0.373 e. The molecule has 0 amide bonds. The molecule has 1 atom stereocenters. The zero-order valence-electron chi connectivity index (χ0n) is 7.13. The molecule has 68 valence electrons. The summed E-state index contributed by atoms with van der Waals surface area (Å²) in [4.78, 5) is 2.83. The predicted molar refractivity (Wildman–Crippen MR) is 49.0 cm³/mol. The van der Waals surface area contributed by atoms with Crippen LogP contribution in [0.3, 0.4) is 0 Å². The Balaban J connectivity index is 2.58. The number of aromatic amines is 1. The van der Waals surface area contributed by atoms with Crippen molar-refractivity contribution in [3.8, 4) is 0 Å². The van der Waals surface area contributed by atoms with Gasteiger partial charge in [0.15, 0.2) is 0 Å². The summed E-state index contributed by atoms with van der Waals surface area (Å²) in [6.07, 6.45) is -0.669. The van der Waals surface area contributed by atoms with Gasteiger partial charge in [0.05, 0.1) is 5.69 Å². The third-order valence-corrected chi connectivity index (χ3v) is 1.68. The van der Waals surface area contributed by atoms with Gasteiger partial charge in [0.2, 0.25) is 0 Å². The smallest absolute Gasteiger partial charge is 0.146 e. The molecule has 0 radical (unpaired) electrons. The number of aromatic nitrogens is 1. The van der Waals surface area contributed by atoms with Gasteiger partial charge in [0.25, 0.3) is 0 Å². The lowest BCUT2D eigenvalue weighted by Gasteiger charge is -2.13. The normalized spacial score (nSPS) is 13.8. The van der Waals surface area contributed by atoms with E-state index in [-0.39, 0.29) is 6.04 Å². The van der Waals surface area contributed by atoms with Crippen LogP contribution in [0.2, 0.25) is 5.15 Å². The summed E-state index contributed by atoms with van der Waals surface area (Å²) < 4.78 is 0. The van der Waals surface area contributed by atoms with Crippen molar-refractivity contribution in [2.24, 2.45) is 0 Å². The summed E-state index contributed by atoms with van der Waals surface area (Å²) in [7, 11) is 0. The second kappa shape index (κ2) is 3.94. The fraction of sp³-hybridized carbons (Fsp3) is 0.500. The Labute approximate surface area is 76.7 Å². The molecule has 12 heavy (non-hydrogen) atoms. The monoisotopic (exact) mass is 188 g/mol. The van der Waals surface area contributed by atoms with Crippen LogP contribution in [0.5, 0.6) is 0 Å². The van der Waals surface area contributed by atoms with Crippen LogP contribution in [0.4, 0.5) is 0 Å². The van der Waals surface area contributed by atoms with Gasteiger partial charge in [0, 0.05) is 6.04 Å². The van der Waals surface area contributed by atoms with Crippen molar-refractivity contribution in [3.63, 3.8) is 0 Å². The van der Waals surface area contributed by atoms with E-state index in [2.05, 4.69) is 10.3 Å². The highest BCUT2D eigenvalue weighted by atomic mass is 35.5. The summed E-state index contributed by atoms with van der Waals surface area (Å²) in [6.45, 7) is 3.93. The Hall–Kier alpha value is -0.510. The van der Waals surface area contributed by atoms with Crippen LogP contribution in [0, 0.1) is 0 Å². The molecule has 4 heteroatoms. The number of nitrogens with one attached hydrogen (secondary N) is 2. The Morgan fingerprint density at radius 2 is 2.17 bits per heavy atom. The Morgan fingerprint density at radius 3 is 2.58 bits per heavy atom. The highest BCUT2D eigenvalue weighted by molar-refractivity contribution is 6.29. The molecule has 0 saturated heterocycles. The van der Waals surface area contributed by atoms with E-state index >= 15 is 0 Å². The van der Waals surface area contributed by atoms with Crippen LogP contribution in [0.1, 0.15) is 25.8 Å². The summed E-state index contributed by atoms with van der Waals surface area (Å²) >= 11 is 5.65. The van der Waals surface area contributed by atoms with Gasteiger partial charge < -0.3 is 10.1 Å². The van der Waals surface area contributed by atoms with Crippen LogP contribution >= 0.6 is 11.6 Å². The first-order chi connectivity index (χ1) is 5.59. The lowest BCUT2D eigenvalue weighted by molar-refractivity contribution is 0.125. The predicted octanol–water partition coefficient (Wildman–Crippen LogP) is 1.66. The Bertz CT molecular complexity index is 247. The summed E-state index contributed by atoms with van der Waals surface area (Å²) in [5, 5.41) is 13.0. The topological polar surface area (TPSA) is 48.0 Å². The second-order valence-corrected chi connectivity index (χ2v) is 3.39. The van der Waals surface area contributed by atoms with Crippen molar-refractivity contribution in [1.29, 1.82) is 0 Å². The Kier molecular flexibility index (Phi) is 3.14. The van der Waals surface area contributed by atoms with Crippen molar-refractivity contribution in [2.75, 3.05) is 0 Å². The molecule has 3 N–H and O–H groups in total. The molecule has 0 bridgehead atoms. The maximum absolute atomic E-state index is 9.50. The van der Waals surface area contributed by atoms with E-state index in [9.17, 15) is 5.11 Å². The minimum absolute atomic E-state index is 0.238. The number of halogens is 1. The largest absolute Gasteiger partial charge is 0.373 e. The average Bonchev–Trinajstić information content (AvgIpc) is 2.34. The standard InChI is InChI=1S/C8H13ClN2O/c1-5(2)10-8(12)6-3-4-7(9)11-6/h3-5,8,10-12H,1-2H3. The fourth-order valence-corrected chi connectivity index (χ4v) is 1.12. The van der Waals surface area contributed by atoms with Crippen LogP contribution in [0.15, 0.2) is 12.1 Å². The molecule has 1 unspecified atom stereocenters. The van der Waals surface area contributed by atoms with Gasteiger partial charge in [-0.3, -0.25) is 5.32 Å². The number of H-pyrrole nitrogens is 1. The molecule has 3 nitrogen and oxygen atoms in total. The van der Waals surface area contributed by atoms with E-state index in [1.807, 2.05) is 13.8 Å². The van der Waals surface area contributed by atoms with E-state index in [0.717, 1.165) is 0 Å². The molecule has 1 aromatic rings. The third-order valence-electron chi connectivity index (χ3n) is 1.46. The summed E-state index contributed by atoms with van der Waals surface area (Å²) in [6, 6.07) is 3.70. The lowest BCUT2D eigenvalue weighted by Crippen LogP contribution is -2.27. The number of rotatable bonds is 3. The first-order valence-corrected chi connectivity index (χ1v) is 4.26. The zero-order chi connectivity index (χ0) is 9.14. The van der Waals surface area contributed by atoms with Crippen LogP contribution in [-0.2, 0) is 0 Å². The summed E-state index contributed by atoms with van der Waals surface area (Å²) in [5.41, 5.74) is 0.689. The molecule has 0 saturated carbocycles. The highest BCUT2D eigenvalue weighted by Crippen LogP contribution is 2.13. The van der Waals surface area contributed by atoms with Crippen molar-refractivity contribution in [2.45, 2.75) is 26.1 Å². The maximum Gasteiger partial charge on any atom is 0.146 e. The van der Waals surface area contributed by atoms with E-state index in [0.29, 0.717) is 10.8 Å². The minimum atomic E-state index is -0.669. The van der Waals surface area contributed by atoms with Gasteiger partial charge in [-0.05, 0) is 26.0 Å². The van der Waals surface area contributed by atoms with Gasteiger partial charge in [0.1, 0.15) is 11.4 Å². The molecule has 1 aromatic heterocycles. The van der Waals surface area contributed by atoms with Gasteiger partial charge in [-0.15, -0.1) is 0 Å². The molecule has 0 aliphatic carbocycles. The van der Waals surface area contributed by atoms with Crippen molar-refractivity contribution < 1.29 is 5.11 Å².